The van der Waals surface area contributed by atoms with E-state index in [0.29, 0.717) is 10.5 Å². The van der Waals surface area contributed by atoms with Crippen LogP contribution in [0.5, 0.6) is 11.5 Å². The van der Waals surface area contributed by atoms with Gasteiger partial charge in [0.1, 0.15) is 0 Å². The largest absolute Gasteiger partial charge is 0.493 e. The van der Waals surface area contributed by atoms with Gasteiger partial charge in [-0.1, -0.05) is 13.8 Å². The van der Waals surface area contributed by atoms with E-state index in [1.54, 1.807) is 14.2 Å². The SMILES string of the molecule is COc1cc(N)c(N2CCSC(C)(C)CC2)cc1OC. The molecule has 5 heteroatoms. The van der Waals surface area contributed by atoms with E-state index in [9.17, 15) is 0 Å². The molecule has 0 atom stereocenters. The normalized spacial score (nSPS) is 18.5. The molecule has 0 saturated carbocycles. The molecule has 1 aliphatic heterocycles. The molecular weight excluding hydrogens is 272 g/mol. The third kappa shape index (κ3) is 3.26. The van der Waals surface area contributed by atoms with Crippen molar-refractivity contribution < 1.29 is 9.47 Å². The first-order valence-corrected chi connectivity index (χ1v) is 7.86. The molecule has 1 saturated heterocycles. The maximum Gasteiger partial charge on any atom is 0.162 e. The van der Waals surface area contributed by atoms with Crippen LogP contribution in [0.2, 0.25) is 0 Å². The Morgan fingerprint density at radius 3 is 2.45 bits per heavy atom. The van der Waals surface area contributed by atoms with Crippen molar-refractivity contribution in [3.05, 3.63) is 12.1 Å². The maximum atomic E-state index is 6.19. The number of hydrogen-bond donors (Lipinski definition) is 1. The van der Waals surface area contributed by atoms with E-state index < -0.39 is 0 Å². The van der Waals surface area contributed by atoms with Crippen LogP contribution in [-0.2, 0) is 0 Å². The van der Waals surface area contributed by atoms with Gasteiger partial charge >= 0.3 is 0 Å². The van der Waals surface area contributed by atoms with E-state index in [1.165, 1.54) is 0 Å². The molecule has 20 heavy (non-hydrogen) atoms. The van der Waals surface area contributed by atoms with E-state index in [2.05, 4.69) is 18.7 Å². The zero-order chi connectivity index (χ0) is 14.8. The molecule has 1 aromatic carbocycles. The predicted molar refractivity (Wildman–Crippen MR) is 87.3 cm³/mol. The molecule has 0 unspecified atom stereocenters. The Labute approximate surface area is 125 Å². The predicted octanol–water partition coefficient (Wildman–Crippen LogP) is 3.01. The summed E-state index contributed by atoms with van der Waals surface area (Å²) in [5.41, 5.74) is 7.97. The Kier molecular flexibility index (Phi) is 4.58. The van der Waals surface area contributed by atoms with Gasteiger partial charge in [-0.2, -0.15) is 11.8 Å². The number of anilines is 2. The van der Waals surface area contributed by atoms with E-state index in [0.717, 1.165) is 42.4 Å². The number of ether oxygens (including phenoxy) is 2. The van der Waals surface area contributed by atoms with Crippen LogP contribution in [0.3, 0.4) is 0 Å². The highest BCUT2D eigenvalue weighted by molar-refractivity contribution is 8.00. The molecule has 0 aromatic heterocycles. The quantitative estimate of drug-likeness (QED) is 0.869. The van der Waals surface area contributed by atoms with Gasteiger partial charge in [0.05, 0.1) is 25.6 Å². The maximum absolute atomic E-state index is 6.19. The van der Waals surface area contributed by atoms with Gasteiger partial charge in [0, 0.05) is 35.7 Å². The van der Waals surface area contributed by atoms with E-state index >= 15 is 0 Å². The lowest BCUT2D eigenvalue weighted by molar-refractivity contribution is 0.355. The molecule has 2 N–H and O–H groups in total. The second-order valence-electron chi connectivity index (χ2n) is 5.61. The highest BCUT2D eigenvalue weighted by Crippen LogP contribution is 2.39. The van der Waals surface area contributed by atoms with Crippen molar-refractivity contribution in [2.45, 2.75) is 25.0 Å². The van der Waals surface area contributed by atoms with Crippen LogP contribution in [0, 0.1) is 0 Å². The zero-order valence-electron chi connectivity index (χ0n) is 12.7. The molecule has 0 spiro atoms. The van der Waals surface area contributed by atoms with Gasteiger partial charge in [0.25, 0.3) is 0 Å². The van der Waals surface area contributed by atoms with E-state index in [-0.39, 0.29) is 0 Å². The van der Waals surface area contributed by atoms with Gasteiger partial charge in [0.15, 0.2) is 11.5 Å². The summed E-state index contributed by atoms with van der Waals surface area (Å²) in [6, 6.07) is 3.83. The Hall–Kier alpha value is -1.23. The number of nitrogens with two attached hydrogens (primary N) is 1. The molecule has 1 heterocycles. The van der Waals surface area contributed by atoms with Gasteiger partial charge in [-0.05, 0) is 6.42 Å². The van der Waals surface area contributed by atoms with Gasteiger partial charge in [-0.15, -0.1) is 0 Å². The summed E-state index contributed by atoms with van der Waals surface area (Å²) >= 11 is 2.02. The topological polar surface area (TPSA) is 47.7 Å². The van der Waals surface area contributed by atoms with E-state index in [1.807, 2.05) is 23.9 Å². The number of thioether (sulfide) groups is 1. The summed E-state index contributed by atoms with van der Waals surface area (Å²) in [4.78, 5) is 2.35. The molecule has 0 radical (unpaired) electrons. The van der Waals surface area contributed by atoms with Gasteiger partial charge in [-0.25, -0.2) is 0 Å². The molecule has 0 amide bonds. The summed E-state index contributed by atoms with van der Waals surface area (Å²) in [6.07, 6.45) is 1.14. The molecule has 112 valence electrons. The third-order valence-corrected chi connectivity index (χ3v) is 5.08. The van der Waals surface area contributed by atoms with Crippen LogP contribution in [-0.4, -0.2) is 37.8 Å². The van der Waals surface area contributed by atoms with Crippen LogP contribution in [0.15, 0.2) is 12.1 Å². The number of hydrogen-bond acceptors (Lipinski definition) is 5. The van der Waals surface area contributed by atoms with Crippen molar-refractivity contribution in [1.29, 1.82) is 0 Å². The summed E-state index contributed by atoms with van der Waals surface area (Å²) < 4.78 is 11.0. The van der Waals surface area contributed by atoms with Crippen LogP contribution in [0.1, 0.15) is 20.3 Å². The van der Waals surface area contributed by atoms with Crippen molar-refractivity contribution >= 4 is 23.1 Å². The first-order chi connectivity index (χ1) is 9.46. The van der Waals surface area contributed by atoms with Crippen LogP contribution in [0.25, 0.3) is 0 Å². The molecule has 2 rings (SSSR count). The molecule has 1 aromatic rings. The molecule has 0 aliphatic carbocycles. The highest BCUT2D eigenvalue weighted by Gasteiger charge is 2.25. The van der Waals surface area contributed by atoms with Crippen molar-refractivity contribution in [3.8, 4) is 11.5 Å². The average molecular weight is 296 g/mol. The molecule has 1 fully saturated rings. The summed E-state index contributed by atoms with van der Waals surface area (Å²) in [7, 11) is 3.28. The lowest BCUT2D eigenvalue weighted by Gasteiger charge is -2.26. The fourth-order valence-electron chi connectivity index (χ4n) is 2.42. The Balaban J connectivity index is 2.28. The summed E-state index contributed by atoms with van der Waals surface area (Å²) in [6.45, 7) is 6.63. The lowest BCUT2D eigenvalue weighted by atomic mass is 10.1. The fourth-order valence-corrected chi connectivity index (χ4v) is 3.52. The number of nitrogens with zero attached hydrogens (tertiary/aromatic N) is 1. The molecule has 4 nitrogen and oxygen atoms in total. The average Bonchev–Trinajstić information content (AvgIpc) is 2.59. The minimum atomic E-state index is 0.333. The standard InChI is InChI=1S/C15H24N2O2S/c1-15(2)5-6-17(7-8-20-15)12-10-14(19-4)13(18-3)9-11(12)16/h9-10H,5-8,16H2,1-4H3. The molecular formula is C15H24N2O2S. The zero-order valence-corrected chi connectivity index (χ0v) is 13.5. The number of nitrogen functional groups attached to an aromatic ring is 1. The van der Waals surface area contributed by atoms with Crippen molar-refractivity contribution in [3.63, 3.8) is 0 Å². The van der Waals surface area contributed by atoms with Gasteiger partial charge in [-0.3, -0.25) is 0 Å². The minimum Gasteiger partial charge on any atom is -0.493 e. The smallest absolute Gasteiger partial charge is 0.162 e. The fraction of sp³-hybridized carbons (Fsp3) is 0.600. The van der Waals surface area contributed by atoms with Crippen molar-refractivity contribution in [1.82, 2.24) is 0 Å². The van der Waals surface area contributed by atoms with Gasteiger partial charge in [0.2, 0.25) is 0 Å². The summed E-state index contributed by atoms with van der Waals surface area (Å²) in [5, 5.41) is 0. The summed E-state index contributed by atoms with van der Waals surface area (Å²) in [5.74, 6) is 2.52. The number of methoxy groups -OCH3 is 2. The van der Waals surface area contributed by atoms with Crippen molar-refractivity contribution in [2.24, 2.45) is 0 Å². The monoisotopic (exact) mass is 296 g/mol. The van der Waals surface area contributed by atoms with E-state index in [4.69, 9.17) is 15.2 Å². The highest BCUT2D eigenvalue weighted by atomic mass is 32.2. The van der Waals surface area contributed by atoms with Crippen LogP contribution >= 0.6 is 11.8 Å². The minimum absolute atomic E-state index is 0.333. The second-order valence-corrected chi connectivity index (χ2v) is 7.41. The van der Waals surface area contributed by atoms with Gasteiger partial charge < -0.3 is 20.1 Å². The number of benzene rings is 1. The third-order valence-electron chi connectivity index (χ3n) is 3.71. The second kappa shape index (κ2) is 6.04. The first kappa shape index (κ1) is 15.2. The van der Waals surface area contributed by atoms with Crippen LogP contribution < -0.4 is 20.1 Å². The molecule has 0 bridgehead atoms. The first-order valence-electron chi connectivity index (χ1n) is 6.87. The number of rotatable bonds is 3. The Morgan fingerprint density at radius 1 is 1.15 bits per heavy atom. The molecule has 1 aliphatic rings. The van der Waals surface area contributed by atoms with Crippen LogP contribution in [0.4, 0.5) is 11.4 Å². The Bertz CT molecular complexity index is 477. The Morgan fingerprint density at radius 2 is 1.80 bits per heavy atom. The lowest BCUT2D eigenvalue weighted by Crippen LogP contribution is -2.27. The van der Waals surface area contributed by atoms with Crippen molar-refractivity contribution in [2.75, 3.05) is 43.7 Å².